The molecule has 3 heterocycles. The van der Waals surface area contributed by atoms with Crippen LogP contribution in [-0.2, 0) is 4.79 Å². The summed E-state index contributed by atoms with van der Waals surface area (Å²) >= 11 is 7.59. The van der Waals surface area contributed by atoms with E-state index in [1.807, 2.05) is 53.1 Å². The van der Waals surface area contributed by atoms with Crippen LogP contribution < -0.4 is 19.7 Å². The zero-order chi connectivity index (χ0) is 22.6. The number of amides is 1. The van der Waals surface area contributed by atoms with Gasteiger partial charge < -0.3 is 19.7 Å². The van der Waals surface area contributed by atoms with Gasteiger partial charge in [0.2, 0.25) is 11.9 Å². The van der Waals surface area contributed by atoms with Gasteiger partial charge in [0, 0.05) is 18.1 Å². The lowest BCUT2D eigenvalue weighted by atomic mass is 10.2. The van der Waals surface area contributed by atoms with Crippen molar-refractivity contribution in [2.45, 2.75) is 24.1 Å². The normalized spacial score (nSPS) is 17.2. The molecular weight excluding hydrogens is 462 g/mol. The third-order valence-electron chi connectivity index (χ3n) is 5.50. The maximum absolute atomic E-state index is 12.6. The Hall–Kier alpha value is -2.91. The van der Waals surface area contributed by atoms with Crippen LogP contribution in [0, 0.1) is 0 Å². The molecule has 0 radical (unpaired) electrons. The standard InChI is InChI=1S/C23H24ClN5O3S/c24-16-6-5-7-17(12-16)29-22(28-10-3-4-11-28)26-27-23(29)33-15-21(30)25-13-18-14-31-19-8-1-2-9-20(19)32-18/h1-2,5-9,12,18H,3-4,10-11,13-15H2,(H,25,30)/t18-/m0/s1. The minimum absolute atomic E-state index is 0.106. The highest BCUT2D eigenvalue weighted by Gasteiger charge is 2.24. The molecule has 3 aromatic rings. The van der Waals surface area contributed by atoms with E-state index >= 15 is 0 Å². The van der Waals surface area contributed by atoms with Gasteiger partial charge in [-0.05, 0) is 43.2 Å². The number of hydrogen-bond acceptors (Lipinski definition) is 7. The van der Waals surface area contributed by atoms with Gasteiger partial charge in [0.25, 0.3) is 0 Å². The van der Waals surface area contributed by atoms with E-state index in [2.05, 4.69) is 20.4 Å². The summed E-state index contributed by atoms with van der Waals surface area (Å²) in [7, 11) is 0. The summed E-state index contributed by atoms with van der Waals surface area (Å²) in [4.78, 5) is 14.8. The highest BCUT2D eigenvalue weighted by atomic mass is 35.5. The Morgan fingerprint density at radius 1 is 1.12 bits per heavy atom. The largest absolute Gasteiger partial charge is 0.486 e. The third-order valence-corrected chi connectivity index (χ3v) is 6.66. The Labute approximate surface area is 201 Å². The highest BCUT2D eigenvalue weighted by Crippen LogP contribution is 2.31. The second-order valence-corrected chi connectivity index (χ2v) is 9.26. The smallest absolute Gasteiger partial charge is 0.232 e. The number of hydrogen-bond donors (Lipinski definition) is 1. The molecule has 2 aliphatic rings. The van der Waals surface area contributed by atoms with E-state index in [0.29, 0.717) is 29.1 Å². The van der Waals surface area contributed by atoms with Crippen molar-refractivity contribution in [2.24, 2.45) is 0 Å². The molecule has 172 valence electrons. The Kier molecular flexibility index (Phi) is 6.59. The molecule has 0 bridgehead atoms. The molecule has 0 unspecified atom stereocenters. The van der Waals surface area contributed by atoms with Gasteiger partial charge in [-0.1, -0.05) is 41.6 Å². The summed E-state index contributed by atoms with van der Waals surface area (Å²) in [6.45, 7) is 2.65. The molecule has 0 saturated carbocycles. The monoisotopic (exact) mass is 485 g/mol. The summed E-state index contributed by atoms with van der Waals surface area (Å²) in [5, 5.41) is 13.0. The lowest BCUT2D eigenvalue weighted by Crippen LogP contribution is -2.41. The predicted octanol–water partition coefficient (Wildman–Crippen LogP) is 3.57. The fraction of sp³-hybridized carbons (Fsp3) is 0.348. The van der Waals surface area contributed by atoms with Crippen LogP contribution in [0.4, 0.5) is 5.95 Å². The molecule has 1 fully saturated rings. The van der Waals surface area contributed by atoms with E-state index < -0.39 is 0 Å². The first-order valence-electron chi connectivity index (χ1n) is 10.9. The average Bonchev–Trinajstić information content (AvgIpc) is 3.51. The molecule has 0 spiro atoms. The summed E-state index contributed by atoms with van der Waals surface area (Å²) in [6.07, 6.45) is 2.03. The average molecular weight is 486 g/mol. The van der Waals surface area contributed by atoms with E-state index in [1.165, 1.54) is 11.8 Å². The fourth-order valence-electron chi connectivity index (χ4n) is 3.89. The van der Waals surface area contributed by atoms with Crippen molar-refractivity contribution < 1.29 is 14.3 Å². The van der Waals surface area contributed by atoms with Gasteiger partial charge >= 0.3 is 0 Å². The Bertz CT molecular complexity index is 1130. The van der Waals surface area contributed by atoms with Crippen molar-refractivity contribution in [3.8, 4) is 17.2 Å². The molecule has 0 aliphatic carbocycles. The summed E-state index contributed by atoms with van der Waals surface area (Å²) in [6, 6.07) is 15.1. The number of nitrogens with zero attached hydrogens (tertiary/aromatic N) is 4. The minimum Gasteiger partial charge on any atom is -0.486 e. The van der Waals surface area contributed by atoms with Crippen molar-refractivity contribution in [3.63, 3.8) is 0 Å². The first-order chi connectivity index (χ1) is 16.2. The van der Waals surface area contributed by atoms with Crippen LogP contribution in [-0.4, -0.2) is 58.8 Å². The number of fused-ring (bicyclic) bond motifs is 1. The molecule has 1 amide bonds. The molecule has 2 aliphatic heterocycles. The molecule has 1 aromatic heterocycles. The van der Waals surface area contributed by atoms with Gasteiger partial charge in [0.1, 0.15) is 12.7 Å². The lowest BCUT2D eigenvalue weighted by Gasteiger charge is -2.26. The number of ether oxygens (including phenoxy) is 2. The van der Waals surface area contributed by atoms with E-state index in [-0.39, 0.29) is 17.8 Å². The van der Waals surface area contributed by atoms with Crippen molar-refractivity contribution in [3.05, 3.63) is 53.6 Å². The number of anilines is 1. The maximum Gasteiger partial charge on any atom is 0.232 e. The number of thioether (sulfide) groups is 1. The van der Waals surface area contributed by atoms with Gasteiger partial charge in [0.15, 0.2) is 16.7 Å². The highest BCUT2D eigenvalue weighted by molar-refractivity contribution is 7.99. The molecular formula is C23H24ClN5O3S. The molecule has 8 nitrogen and oxygen atoms in total. The van der Waals surface area contributed by atoms with Crippen LogP contribution >= 0.6 is 23.4 Å². The number of halogens is 1. The predicted molar refractivity (Wildman–Crippen MR) is 128 cm³/mol. The zero-order valence-corrected chi connectivity index (χ0v) is 19.5. The van der Waals surface area contributed by atoms with Gasteiger partial charge in [-0.3, -0.25) is 9.36 Å². The van der Waals surface area contributed by atoms with Gasteiger partial charge in [-0.25, -0.2) is 0 Å². The summed E-state index contributed by atoms with van der Waals surface area (Å²) < 4.78 is 13.6. The van der Waals surface area contributed by atoms with Gasteiger partial charge in [-0.15, -0.1) is 10.2 Å². The molecule has 1 atom stereocenters. The number of para-hydroxylation sites is 2. The van der Waals surface area contributed by atoms with Crippen LogP contribution in [0.1, 0.15) is 12.8 Å². The quantitative estimate of drug-likeness (QED) is 0.512. The number of benzene rings is 2. The minimum atomic E-state index is -0.231. The SMILES string of the molecule is O=C(CSc1nnc(N2CCCC2)n1-c1cccc(Cl)c1)NC[C@H]1COc2ccccc2O1. The number of nitrogens with one attached hydrogen (secondary N) is 1. The first kappa shape index (κ1) is 21.9. The number of carbonyl (C=O) groups is 1. The van der Waals surface area contributed by atoms with Crippen molar-refractivity contribution in [1.82, 2.24) is 20.1 Å². The number of carbonyl (C=O) groups excluding carboxylic acids is 1. The molecule has 33 heavy (non-hydrogen) atoms. The summed E-state index contributed by atoms with van der Waals surface area (Å²) in [5.41, 5.74) is 0.878. The van der Waals surface area contributed by atoms with E-state index in [1.54, 1.807) is 0 Å². The topological polar surface area (TPSA) is 81.5 Å². The molecule has 10 heteroatoms. The van der Waals surface area contributed by atoms with E-state index in [9.17, 15) is 4.79 Å². The third kappa shape index (κ3) is 5.04. The molecule has 5 rings (SSSR count). The van der Waals surface area contributed by atoms with Gasteiger partial charge in [-0.2, -0.15) is 0 Å². The number of rotatable bonds is 7. The van der Waals surface area contributed by atoms with Crippen molar-refractivity contribution in [2.75, 3.05) is 36.9 Å². The molecule has 2 aromatic carbocycles. The van der Waals surface area contributed by atoms with Gasteiger partial charge in [0.05, 0.1) is 18.0 Å². The van der Waals surface area contributed by atoms with Crippen LogP contribution in [0.25, 0.3) is 5.69 Å². The van der Waals surface area contributed by atoms with Crippen LogP contribution in [0.15, 0.2) is 53.7 Å². The zero-order valence-electron chi connectivity index (χ0n) is 17.9. The van der Waals surface area contributed by atoms with Crippen molar-refractivity contribution >= 4 is 35.2 Å². The lowest BCUT2D eigenvalue weighted by molar-refractivity contribution is -0.119. The van der Waals surface area contributed by atoms with Crippen molar-refractivity contribution in [1.29, 1.82) is 0 Å². The molecule has 1 N–H and O–H groups in total. The van der Waals surface area contributed by atoms with E-state index in [4.69, 9.17) is 21.1 Å². The number of aromatic nitrogens is 3. The van der Waals surface area contributed by atoms with Crippen LogP contribution in [0.5, 0.6) is 11.5 Å². The Morgan fingerprint density at radius 3 is 2.76 bits per heavy atom. The first-order valence-corrected chi connectivity index (χ1v) is 12.3. The van der Waals surface area contributed by atoms with E-state index in [0.717, 1.165) is 43.3 Å². The Morgan fingerprint density at radius 2 is 1.94 bits per heavy atom. The second kappa shape index (κ2) is 9.93. The van der Waals surface area contributed by atoms with Crippen LogP contribution in [0.2, 0.25) is 5.02 Å². The van der Waals surface area contributed by atoms with Crippen LogP contribution in [0.3, 0.4) is 0 Å². The maximum atomic E-state index is 12.6. The fourth-order valence-corrected chi connectivity index (χ4v) is 4.85. The molecule has 1 saturated heterocycles. The Balaban J connectivity index is 1.23. The summed E-state index contributed by atoms with van der Waals surface area (Å²) in [5.74, 6) is 2.31. The second-order valence-electron chi connectivity index (χ2n) is 7.88.